The molecule has 0 aromatic carbocycles. The van der Waals surface area contributed by atoms with Gasteiger partial charge in [0.25, 0.3) is 0 Å². The van der Waals surface area contributed by atoms with E-state index in [1.165, 1.54) is 6.07 Å². The summed E-state index contributed by atoms with van der Waals surface area (Å²) in [7, 11) is 0. The van der Waals surface area contributed by atoms with Crippen LogP contribution in [0.1, 0.15) is 12.2 Å². The third-order valence-electron chi connectivity index (χ3n) is 1.81. The first-order valence-electron chi connectivity index (χ1n) is 4.78. The van der Waals surface area contributed by atoms with E-state index in [4.69, 9.17) is 11.6 Å². The molecule has 6 N–H and O–H groups in total. The first kappa shape index (κ1) is 14.0. The number of amides is 1. The molecule has 0 atom stereocenters. The number of carbonyl (C=O) groups is 1. The summed E-state index contributed by atoms with van der Waals surface area (Å²) in [6.45, 7) is 0.0632. The van der Waals surface area contributed by atoms with E-state index in [0.29, 0.717) is 0 Å². The Balaban J connectivity index is 2.87. The van der Waals surface area contributed by atoms with Crippen LogP contribution in [0.3, 0.4) is 0 Å². The number of carbonyl (C=O) groups excluding carboxylic acids is 1. The van der Waals surface area contributed by atoms with Crippen molar-refractivity contribution in [3.05, 3.63) is 11.9 Å². The number of alkyl halides is 3. The Morgan fingerprint density at radius 3 is 2.44 bits per heavy atom. The van der Waals surface area contributed by atoms with Gasteiger partial charge >= 0.3 is 6.18 Å². The quantitative estimate of drug-likeness (QED) is 0.441. The number of anilines is 2. The Morgan fingerprint density at radius 1 is 1.33 bits per heavy atom. The average molecular weight is 264 g/mol. The molecule has 1 aromatic heterocycles. The molecule has 1 amide bonds. The fraction of sp³-hybridized carbons (Fsp3) is 0.375. The Bertz CT molecular complexity index is 435. The number of rotatable bonds is 5. The first-order valence-corrected chi connectivity index (χ1v) is 4.78. The third-order valence-corrected chi connectivity index (χ3v) is 1.81. The Hall–Kier alpha value is -2.10. The summed E-state index contributed by atoms with van der Waals surface area (Å²) in [5.41, 5.74) is 6.88. The van der Waals surface area contributed by atoms with Gasteiger partial charge in [-0.05, 0) is 0 Å². The van der Waals surface area contributed by atoms with Crippen molar-refractivity contribution in [3.8, 4) is 0 Å². The van der Waals surface area contributed by atoms with Gasteiger partial charge in [0.1, 0.15) is 11.6 Å². The van der Waals surface area contributed by atoms with Gasteiger partial charge in [0.15, 0.2) is 0 Å². The number of halogens is 3. The molecule has 0 aliphatic carbocycles. The van der Waals surface area contributed by atoms with Gasteiger partial charge < -0.3 is 16.5 Å². The maximum atomic E-state index is 12.4. The second-order valence-corrected chi connectivity index (χ2v) is 3.25. The molecule has 0 aliphatic rings. The number of nitrogens with two attached hydrogens (primary N) is 2. The Kier molecular flexibility index (Phi) is 4.26. The molecule has 1 aromatic rings. The maximum absolute atomic E-state index is 12.4. The SMILES string of the molecule is NNc1cc(NCCC(N)=O)nc(C(F)(F)F)n1. The van der Waals surface area contributed by atoms with Crippen LogP contribution in [0, 0.1) is 0 Å². The van der Waals surface area contributed by atoms with Crippen molar-refractivity contribution in [3.63, 3.8) is 0 Å². The summed E-state index contributed by atoms with van der Waals surface area (Å²) >= 11 is 0. The lowest BCUT2D eigenvalue weighted by Crippen LogP contribution is -2.19. The zero-order valence-corrected chi connectivity index (χ0v) is 9.08. The van der Waals surface area contributed by atoms with Crippen molar-refractivity contribution in [2.24, 2.45) is 11.6 Å². The number of hydrogen-bond donors (Lipinski definition) is 4. The zero-order chi connectivity index (χ0) is 13.8. The van der Waals surface area contributed by atoms with Gasteiger partial charge in [-0.25, -0.2) is 15.8 Å². The number of aromatic nitrogens is 2. The molecule has 7 nitrogen and oxygen atoms in total. The summed E-state index contributed by atoms with van der Waals surface area (Å²) in [6.07, 6.45) is -4.72. The Labute approximate surface area is 99.7 Å². The van der Waals surface area contributed by atoms with E-state index in [0.717, 1.165) is 0 Å². The van der Waals surface area contributed by atoms with Crippen molar-refractivity contribution < 1.29 is 18.0 Å². The summed E-state index contributed by atoms with van der Waals surface area (Å²) < 4.78 is 37.3. The zero-order valence-electron chi connectivity index (χ0n) is 9.08. The van der Waals surface area contributed by atoms with Crippen molar-refractivity contribution in [2.45, 2.75) is 12.6 Å². The summed E-state index contributed by atoms with van der Waals surface area (Å²) in [6, 6.07) is 1.18. The van der Waals surface area contributed by atoms with Gasteiger partial charge in [0.05, 0.1) is 0 Å². The second-order valence-electron chi connectivity index (χ2n) is 3.25. The van der Waals surface area contributed by atoms with E-state index < -0.39 is 17.9 Å². The molecular weight excluding hydrogens is 253 g/mol. The lowest BCUT2D eigenvalue weighted by molar-refractivity contribution is -0.144. The summed E-state index contributed by atoms with van der Waals surface area (Å²) in [5, 5.41) is 2.52. The fourth-order valence-electron chi connectivity index (χ4n) is 1.05. The standard InChI is InChI=1S/C8H11F3N6O/c9-8(10,11)7-15-5(3-6(16-7)17-13)14-2-1-4(12)18/h3H,1-2,13H2,(H2,12,18)(H2,14,15,16,17). The molecule has 1 rings (SSSR count). The predicted octanol–water partition coefficient (Wildman–Crippen LogP) is 0.0683. The lowest BCUT2D eigenvalue weighted by atomic mass is 10.4. The van der Waals surface area contributed by atoms with E-state index in [2.05, 4.69) is 15.3 Å². The first-order chi connectivity index (χ1) is 8.32. The van der Waals surface area contributed by atoms with E-state index in [-0.39, 0.29) is 24.6 Å². The topological polar surface area (TPSA) is 119 Å². The number of hydrogen-bond acceptors (Lipinski definition) is 6. The van der Waals surface area contributed by atoms with Crippen molar-refractivity contribution in [2.75, 3.05) is 17.3 Å². The molecule has 0 aliphatic heterocycles. The van der Waals surface area contributed by atoms with Crippen LogP contribution in [0.2, 0.25) is 0 Å². The highest BCUT2D eigenvalue weighted by Gasteiger charge is 2.35. The highest BCUT2D eigenvalue weighted by atomic mass is 19.4. The van der Waals surface area contributed by atoms with E-state index in [1.54, 1.807) is 0 Å². The monoisotopic (exact) mass is 264 g/mol. The number of nitrogen functional groups attached to an aromatic ring is 1. The Morgan fingerprint density at radius 2 is 1.94 bits per heavy atom. The fourth-order valence-corrected chi connectivity index (χ4v) is 1.05. The van der Waals surface area contributed by atoms with Gasteiger partial charge in [0.2, 0.25) is 11.7 Å². The van der Waals surface area contributed by atoms with Crippen molar-refractivity contribution in [1.82, 2.24) is 9.97 Å². The van der Waals surface area contributed by atoms with Gasteiger partial charge in [0, 0.05) is 19.0 Å². The van der Waals surface area contributed by atoms with Gasteiger partial charge in [-0.2, -0.15) is 13.2 Å². The van der Waals surface area contributed by atoms with Crippen LogP contribution in [0.5, 0.6) is 0 Å². The van der Waals surface area contributed by atoms with Crippen LogP contribution in [0.4, 0.5) is 24.8 Å². The normalized spacial score (nSPS) is 11.1. The van der Waals surface area contributed by atoms with E-state index in [9.17, 15) is 18.0 Å². The van der Waals surface area contributed by atoms with Crippen LogP contribution in [0.25, 0.3) is 0 Å². The number of primary amides is 1. The molecule has 1 heterocycles. The lowest BCUT2D eigenvalue weighted by Gasteiger charge is -2.10. The van der Waals surface area contributed by atoms with Crippen LogP contribution in [0.15, 0.2) is 6.07 Å². The molecule has 100 valence electrons. The van der Waals surface area contributed by atoms with Gasteiger partial charge in [-0.1, -0.05) is 0 Å². The molecule has 0 saturated heterocycles. The van der Waals surface area contributed by atoms with Gasteiger partial charge in [-0.3, -0.25) is 4.79 Å². The molecule has 18 heavy (non-hydrogen) atoms. The summed E-state index contributed by atoms with van der Waals surface area (Å²) in [5.74, 6) is 2.79. The van der Waals surface area contributed by atoms with Crippen LogP contribution in [-0.2, 0) is 11.0 Å². The molecule has 0 spiro atoms. The average Bonchev–Trinajstić information content (AvgIpc) is 2.27. The van der Waals surface area contributed by atoms with Crippen LogP contribution < -0.4 is 22.3 Å². The second kappa shape index (κ2) is 5.49. The van der Waals surface area contributed by atoms with Crippen molar-refractivity contribution in [1.29, 1.82) is 0 Å². The van der Waals surface area contributed by atoms with Crippen LogP contribution >= 0.6 is 0 Å². The number of nitrogens with zero attached hydrogens (tertiary/aromatic N) is 2. The molecule has 10 heteroatoms. The molecule has 0 unspecified atom stereocenters. The molecule has 0 saturated carbocycles. The molecule has 0 fully saturated rings. The van der Waals surface area contributed by atoms with Gasteiger partial charge in [-0.15, -0.1) is 0 Å². The maximum Gasteiger partial charge on any atom is 0.451 e. The highest BCUT2D eigenvalue weighted by molar-refractivity contribution is 5.74. The smallest absolute Gasteiger partial charge is 0.370 e. The van der Waals surface area contributed by atoms with Crippen LogP contribution in [-0.4, -0.2) is 22.4 Å². The predicted molar refractivity (Wildman–Crippen MR) is 57.1 cm³/mol. The highest BCUT2D eigenvalue weighted by Crippen LogP contribution is 2.28. The molecular formula is C8H11F3N6O. The minimum Gasteiger partial charge on any atom is -0.370 e. The minimum absolute atomic E-state index is 0.0310. The van der Waals surface area contributed by atoms with E-state index >= 15 is 0 Å². The number of hydrazine groups is 1. The third kappa shape index (κ3) is 4.05. The van der Waals surface area contributed by atoms with Crippen molar-refractivity contribution >= 4 is 17.5 Å². The molecule has 0 bridgehead atoms. The molecule has 0 radical (unpaired) electrons. The summed E-state index contributed by atoms with van der Waals surface area (Å²) in [4.78, 5) is 16.9. The largest absolute Gasteiger partial charge is 0.451 e. The minimum atomic E-state index is -4.69. The number of nitrogens with one attached hydrogen (secondary N) is 2. The van der Waals surface area contributed by atoms with E-state index in [1.807, 2.05) is 5.43 Å².